The molecule has 2 aromatic rings. The molecular weight excluding hydrogens is 294 g/mol. The van der Waals surface area contributed by atoms with Gasteiger partial charge in [-0.2, -0.15) is 0 Å². The number of amides is 1. The van der Waals surface area contributed by atoms with Crippen molar-refractivity contribution in [3.05, 3.63) is 23.0 Å². The summed E-state index contributed by atoms with van der Waals surface area (Å²) >= 11 is 0. The number of carbonyl (C=O) groups excluding carboxylic acids is 1. The number of carbonyl (C=O) groups is 1. The van der Waals surface area contributed by atoms with Gasteiger partial charge >= 0.3 is 0 Å². The Morgan fingerprint density at radius 3 is 2.95 bits per heavy atom. The van der Waals surface area contributed by atoms with Crippen LogP contribution in [0.15, 0.2) is 17.4 Å². The number of likely N-dealkylation sites (N-methyl/N-ethyl adjacent to an activating group) is 1. The normalized spacial score (nSPS) is 28.1. The van der Waals surface area contributed by atoms with Gasteiger partial charge in [-0.05, 0) is 6.92 Å². The minimum absolute atomic E-state index is 0.0780. The predicted octanol–water partition coefficient (Wildman–Crippen LogP) is -2.13. The largest absolute Gasteiger partial charge is 0.387 e. The van der Waals surface area contributed by atoms with Crippen LogP contribution < -0.4 is 10.9 Å². The molecule has 0 aliphatic carbocycles. The van der Waals surface area contributed by atoms with Crippen molar-refractivity contribution < 1.29 is 19.7 Å². The number of aliphatic hydroxyl groups is 2. The summed E-state index contributed by atoms with van der Waals surface area (Å²) in [6, 6.07) is 0. The number of rotatable bonds is 3. The summed E-state index contributed by atoms with van der Waals surface area (Å²) in [5.41, 5.74) is -0.164. The maximum Gasteiger partial charge on any atom is 0.278 e. The van der Waals surface area contributed by atoms with Gasteiger partial charge in [-0.15, -0.1) is 0 Å². The van der Waals surface area contributed by atoms with Crippen molar-refractivity contribution in [2.45, 2.75) is 31.5 Å². The molecular formula is C12H15N5O5. The molecule has 0 radical (unpaired) electrons. The summed E-state index contributed by atoms with van der Waals surface area (Å²) < 4.78 is 6.77. The van der Waals surface area contributed by atoms with E-state index in [-0.39, 0.29) is 11.2 Å². The van der Waals surface area contributed by atoms with Gasteiger partial charge in [0.2, 0.25) is 0 Å². The fraction of sp³-hybridized carbons (Fsp3) is 0.500. The van der Waals surface area contributed by atoms with Crippen molar-refractivity contribution in [3.63, 3.8) is 0 Å². The zero-order valence-corrected chi connectivity index (χ0v) is 11.6. The molecule has 0 saturated carbocycles. The van der Waals surface area contributed by atoms with Gasteiger partial charge in [-0.25, -0.2) is 9.97 Å². The minimum Gasteiger partial charge on any atom is -0.387 e. The number of nitrogens with one attached hydrogen (secondary N) is 2. The van der Waals surface area contributed by atoms with Gasteiger partial charge < -0.3 is 25.3 Å². The highest BCUT2D eigenvalue weighted by molar-refractivity contribution is 5.81. The highest BCUT2D eigenvalue weighted by atomic mass is 16.6. The molecule has 10 heteroatoms. The number of imidazole rings is 1. The van der Waals surface area contributed by atoms with Crippen LogP contribution in [0.5, 0.6) is 0 Å². The topological polar surface area (TPSA) is 142 Å². The van der Waals surface area contributed by atoms with E-state index in [1.54, 1.807) is 6.92 Å². The number of aromatic nitrogens is 4. The Morgan fingerprint density at radius 2 is 2.23 bits per heavy atom. The second kappa shape index (κ2) is 5.48. The molecule has 1 amide bonds. The number of aliphatic hydroxyl groups excluding tert-OH is 2. The molecule has 4 N–H and O–H groups in total. The van der Waals surface area contributed by atoms with Crippen molar-refractivity contribution in [2.75, 3.05) is 6.54 Å². The third-order valence-corrected chi connectivity index (χ3v) is 3.49. The van der Waals surface area contributed by atoms with Crippen molar-refractivity contribution in [1.29, 1.82) is 0 Å². The van der Waals surface area contributed by atoms with Gasteiger partial charge in [0.15, 0.2) is 23.5 Å². The molecule has 118 valence electrons. The first kappa shape index (κ1) is 14.6. The quantitative estimate of drug-likeness (QED) is 0.507. The van der Waals surface area contributed by atoms with Gasteiger partial charge in [0.1, 0.15) is 12.2 Å². The highest BCUT2D eigenvalue weighted by Gasteiger charge is 2.47. The van der Waals surface area contributed by atoms with Gasteiger partial charge in [0, 0.05) is 6.54 Å². The Morgan fingerprint density at radius 1 is 1.45 bits per heavy atom. The van der Waals surface area contributed by atoms with Crippen LogP contribution in [0, 0.1) is 0 Å². The Kier molecular flexibility index (Phi) is 3.64. The van der Waals surface area contributed by atoms with E-state index in [2.05, 4.69) is 20.3 Å². The van der Waals surface area contributed by atoms with E-state index in [1.165, 1.54) is 17.2 Å². The fourth-order valence-electron chi connectivity index (χ4n) is 2.43. The van der Waals surface area contributed by atoms with E-state index in [9.17, 15) is 19.8 Å². The molecule has 4 atom stereocenters. The monoisotopic (exact) mass is 309 g/mol. The smallest absolute Gasteiger partial charge is 0.278 e. The Hall–Kier alpha value is -2.30. The third kappa shape index (κ3) is 2.17. The lowest BCUT2D eigenvalue weighted by Crippen LogP contribution is -2.42. The first-order chi connectivity index (χ1) is 10.5. The predicted molar refractivity (Wildman–Crippen MR) is 72.8 cm³/mol. The summed E-state index contributed by atoms with van der Waals surface area (Å²) in [7, 11) is 0. The van der Waals surface area contributed by atoms with Gasteiger partial charge in [-0.1, -0.05) is 0 Å². The molecule has 0 bridgehead atoms. The first-order valence-corrected chi connectivity index (χ1v) is 6.74. The summed E-state index contributed by atoms with van der Waals surface area (Å²) in [4.78, 5) is 33.7. The van der Waals surface area contributed by atoms with E-state index in [1.807, 2.05) is 0 Å². The Labute approximate surface area is 123 Å². The minimum atomic E-state index is -1.39. The lowest BCUT2D eigenvalue weighted by Gasteiger charge is -2.16. The van der Waals surface area contributed by atoms with Gasteiger partial charge in [0.05, 0.1) is 12.7 Å². The maximum atomic E-state index is 11.8. The lowest BCUT2D eigenvalue weighted by molar-refractivity contribution is -0.137. The second-order valence-electron chi connectivity index (χ2n) is 4.88. The van der Waals surface area contributed by atoms with Gasteiger partial charge in [-0.3, -0.25) is 14.2 Å². The molecule has 1 aliphatic heterocycles. The maximum absolute atomic E-state index is 11.8. The standard InChI is InChI=1S/C12H15N5O5/c1-2-13-11(21)8-6(18)7(19)12(22-8)17-4-16-5-9(17)14-3-15-10(5)20/h3-4,6-8,12,18-19H,2H2,1H3,(H,13,21)(H,14,15,20)/t6-,7+,8-,12?/m0/s1. The number of hydrogen-bond donors (Lipinski definition) is 4. The molecule has 1 fully saturated rings. The molecule has 1 unspecified atom stereocenters. The van der Waals surface area contributed by atoms with Crippen molar-refractivity contribution >= 4 is 17.1 Å². The van der Waals surface area contributed by atoms with Crippen molar-refractivity contribution in [2.24, 2.45) is 0 Å². The zero-order chi connectivity index (χ0) is 15.9. The molecule has 0 spiro atoms. The molecule has 3 heterocycles. The average Bonchev–Trinajstić information content (AvgIpc) is 3.03. The molecule has 1 aliphatic rings. The van der Waals surface area contributed by atoms with Crippen LogP contribution in [-0.2, 0) is 9.53 Å². The highest BCUT2D eigenvalue weighted by Crippen LogP contribution is 2.30. The summed E-state index contributed by atoms with van der Waals surface area (Å²) in [5.74, 6) is -0.522. The van der Waals surface area contributed by atoms with Crippen LogP contribution in [0.3, 0.4) is 0 Å². The van der Waals surface area contributed by atoms with Crippen molar-refractivity contribution in [1.82, 2.24) is 24.8 Å². The zero-order valence-electron chi connectivity index (χ0n) is 11.6. The van der Waals surface area contributed by atoms with E-state index < -0.39 is 36.0 Å². The average molecular weight is 309 g/mol. The van der Waals surface area contributed by atoms with E-state index in [4.69, 9.17) is 4.74 Å². The molecule has 22 heavy (non-hydrogen) atoms. The SMILES string of the molecule is CCNC(=O)[C@H]1OC(n2cnc3c(=O)[nH]cnc32)[C@H](O)[C@@H]1O. The summed E-state index contributed by atoms with van der Waals surface area (Å²) in [5, 5.41) is 22.6. The van der Waals surface area contributed by atoms with E-state index in [0.29, 0.717) is 6.54 Å². The molecule has 1 saturated heterocycles. The van der Waals surface area contributed by atoms with E-state index in [0.717, 1.165) is 0 Å². The van der Waals surface area contributed by atoms with Crippen LogP contribution in [0.25, 0.3) is 11.2 Å². The molecule has 0 aromatic carbocycles. The number of aromatic amines is 1. The number of fused-ring (bicyclic) bond motifs is 1. The Bertz CT molecular complexity index is 756. The van der Waals surface area contributed by atoms with Crippen LogP contribution in [0.2, 0.25) is 0 Å². The lowest BCUT2D eigenvalue weighted by atomic mass is 10.1. The molecule has 10 nitrogen and oxygen atoms in total. The molecule has 2 aromatic heterocycles. The Balaban J connectivity index is 1.96. The number of H-pyrrole nitrogens is 1. The van der Waals surface area contributed by atoms with Crippen molar-refractivity contribution in [3.8, 4) is 0 Å². The third-order valence-electron chi connectivity index (χ3n) is 3.49. The number of hydrogen-bond acceptors (Lipinski definition) is 7. The van der Waals surface area contributed by atoms with Gasteiger partial charge in [0.25, 0.3) is 11.5 Å². The number of nitrogens with zero attached hydrogens (tertiary/aromatic N) is 3. The van der Waals surface area contributed by atoms with Crippen LogP contribution in [0.4, 0.5) is 0 Å². The van der Waals surface area contributed by atoms with E-state index >= 15 is 0 Å². The second-order valence-corrected chi connectivity index (χ2v) is 4.88. The number of ether oxygens (including phenoxy) is 1. The fourth-order valence-corrected chi connectivity index (χ4v) is 2.43. The molecule has 3 rings (SSSR count). The van der Waals surface area contributed by atoms with Crippen LogP contribution in [0.1, 0.15) is 13.2 Å². The first-order valence-electron chi connectivity index (χ1n) is 6.74. The van der Waals surface area contributed by atoms with Crippen LogP contribution >= 0.6 is 0 Å². The summed E-state index contributed by atoms with van der Waals surface area (Å²) in [6.45, 7) is 2.10. The summed E-state index contributed by atoms with van der Waals surface area (Å²) in [6.07, 6.45) is -2.56. The van der Waals surface area contributed by atoms with Crippen LogP contribution in [-0.4, -0.2) is 60.5 Å².